The highest BCUT2D eigenvalue weighted by atomic mass is 35.5. The number of halogens is 2. The van der Waals surface area contributed by atoms with Gasteiger partial charge in [0.1, 0.15) is 0 Å². The van der Waals surface area contributed by atoms with E-state index < -0.39 is 0 Å². The third-order valence-electron chi connectivity index (χ3n) is 4.45. The summed E-state index contributed by atoms with van der Waals surface area (Å²) in [6, 6.07) is 4.84. The molecule has 1 saturated heterocycles. The molecule has 1 heterocycles. The number of benzene rings is 1. The first-order valence-electron chi connectivity index (χ1n) is 8.55. The second kappa shape index (κ2) is 9.24. The molecule has 0 saturated carbocycles. The first kappa shape index (κ1) is 20.5. The Hall–Kier alpha value is -1.79. The van der Waals surface area contributed by atoms with Gasteiger partial charge in [0.15, 0.2) is 0 Å². The summed E-state index contributed by atoms with van der Waals surface area (Å²) in [7, 11) is 0. The van der Waals surface area contributed by atoms with Crippen molar-refractivity contribution in [1.29, 1.82) is 0 Å². The Bertz CT molecular complexity index is 688. The normalized spacial score (nSPS) is 15.5. The van der Waals surface area contributed by atoms with Crippen LogP contribution in [0, 0.1) is 0 Å². The fourth-order valence-electron chi connectivity index (χ4n) is 2.89. The molecule has 1 aliphatic rings. The van der Waals surface area contributed by atoms with Crippen LogP contribution >= 0.6 is 23.2 Å². The standard InChI is InChI=1S/C18H23Cl2N3O3/c1-12(15-4-3-14(19)11-16(15)20)21-17(25)5-6-18(26)23-9-7-22(8-10-23)13(2)24/h3-4,11-12H,5-10H2,1-2H3,(H,21,25)/t12-/m0/s1. The van der Waals surface area contributed by atoms with Crippen molar-refractivity contribution >= 4 is 40.9 Å². The van der Waals surface area contributed by atoms with Crippen LogP contribution < -0.4 is 5.32 Å². The highest BCUT2D eigenvalue weighted by Gasteiger charge is 2.23. The minimum Gasteiger partial charge on any atom is -0.350 e. The number of piperazine rings is 1. The minimum absolute atomic E-state index is 0.0197. The maximum absolute atomic E-state index is 12.2. The lowest BCUT2D eigenvalue weighted by molar-refractivity contribution is -0.139. The summed E-state index contributed by atoms with van der Waals surface area (Å²) in [5.74, 6) is -0.258. The molecule has 8 heteroatoms. The summed E-state index contributed by atoms with van der Waals surface area (Å²) >= 11 is 12.0. The van der Waals surface area contributed by atoms with Gasteiger partial charge in [0.2, 0.25) is 17.7 Å². The zero-order chi connectivity index (χ0) is 19.3. The number of nitrogens with one attached hydrogen (secondary N) is 1. The average Bonchev–Trinajstić information content (AvgIpc) is 2.59. The lowest BCUT2D eigenvalue weighted by atomic mass is 10.1. The van der Waals surface area contributed by atoms with Gasteiger partial charge >= 0.3 is 0 Å². The largest absolute Gasteiger partial charge is 0.350 e. The van der Waals surface area contributed by atoms with Crippen LogP contribution in [0.25, 0.3) is 0 Å². The molecule has 142 valence electrons. The quantitative estimate of drug-likeness (QED) is 0.826. The van der Waals surface area contributed by atoms with Crippen LogP contribution in [0.1, 0.15) is 38.3 Å². The zero-order valence-electron chi connectivity index (χ0n) is 14.9. The van der Waals surface area contributed by atoms with Crippen molar-refractivity contribution in [2.75, 3.05) is 26.2 Å². The van der Waals surface area contributed by atoms with Crippen molar-refractivity contribution in [3.63, 3.8) is 0 Å². The molecular formula is C18H23Cl2N3O3. The van der Waals surface area contributed by atoms with E-state index in [4.69, 9.17) is 23.2 Å². The SMILES string of the molecule is CC(=O)N1CCN(C(=O)CCC(=O)N[C@@H](C)c2ccc(Cl)cc2Cl)CC1. The summed E-state index contributed by atoms with van der Waals surface area (Å²) in [5.41, 5.74) is 0.774. The molecule has 26 heavy (non-hydrogen) atoms. The van der Waals surface area contributed by atoms with Crippen molar-refractivity contribution in [1.82, 2.24) is 15.1 Å². The molecule has 0 aromatic heterocycles. The van der Waals surface area contributed by atoms with Crippen LogP contribution in [-0.4, -0.2) is 53.7 Å². The molecule has 1 atom stereocenters. The van der Waals surface area contributed by atoms with Gasteiger partial charge in [-0.25, -0.2) is 0 Å². The summed E-state index contributed by atoms with van der Waals surface area (Å²) in [4.78, 5) is 39.1. The van der Waals surface area contributed by atoms with Crippen LogP contribution in [-0.2, 0) is 14.4 Å². The Balaban J connectivity index is 1.77. The molecule has 1 aromatic carbocycles. The molecule has 1 N–H and O–H groups in total. The predicted octanol–water partition coefficient (Wildman–Crippen LogP) is 2.64. The maximum Gasteiger partial charge on any atom is 0.223 e. The predicted molar refractivity (Wildman–Crippen MR) is 101 cm³/mol. The van der Waals surface area contributed by atoms with E-state index in [1.54, 1.807) is 28.0 Å². The number of hydrogen-bond donors (Lipinski definition) is 1. The monoisotopic (exact) mass is 399 g/mol. The van der Waals surface area contributed by atoms with Gasteiger partial charge in [-0.15, -0.1) is 0 Å². The highest BCUT2D eigenvalue weighted by Crippen LogP contribution is 2.26. The van der Waals surface area contributed by atoms with Gasteiger partial charge in [-0.05, 0) is 24.6 Å². The third kappa shape index (κ3) is 5.61. The third-order valence-corrected chi connectivity index (χ3v) is 5.01. The topological polar surface area (TPSA) is 69.7 Å². The number of rotatable bonds is 5. The second-order valence-corrected chi connectivity index (χ2v) is 7.19. The zero-order valence-corrected chi connectivity index (χ0v) is 16.4. The Morgan fingerprint density at radius 3 is 2.27 bits per heavy atom. The molecule has 0 bridgehead atoms. The Morgan fingerprint density at radius 2 is 1.69 bits per heavy atom. The number of hydrogen-bond acceptors (Lipinski definition) is 3. The number of amides is 3. The van der Waals surface area contributed by atoms with Gasteiger partial charge in [-0.2, -0.15) is 0 Å². The van der Waals surface area contributed by atoms with Crippen molar-refractivity contribution in [3.05, 3.63) is 33.8 Å². The molecule has 3 amide bonds. The summed E-state index contributed by atoms with van der Waals surface area (Å²) in [5, 5.41) is 3.87. The van der Waals surface area contributed by atoms with E-state index in [0.29, 0.717) is 36.2 Å². The van der Waals surface area contributed by atoms with Gasteiger partial charge < -0.3 is 15.1 Å². The number of nitrogens with zero attached hydrogens (tertiary/aromatic N) is 2. The van der Waals surface area contributed by atoms with E-state index in [0.717, 1.165) is 5.56 Å². The summed E-state index contributed by atoms with van der Waals surface area (Å²) in [6.07, 6.45) is 0.258. The first-order valence-corrected chi connectivity index (χ1v) is 9.31. The lowest BCUT2D eigenvalue weighted by Crippen LogP contribution is -2.50. The van der Waals surface area contributed by atoms with Gasteiger partial charge in [-0.3, -0.25) is 14.4 Å². The van der Waals surface area contributed by atoms with Crippen molar-refractivity contribution in [3.8, 4) is 0 Å². The van der Waals surface area contributed by atoms with Crippen molar-refractivity contribution in [2.24, 2.45) is 0 Å². The fourth-order valence-corrected chi connectivity index (χ4v) is 3.47. The summed E-state index contributed by atoms with van der Waals surface area (Å²) < 4.78 is 0. The minimum atomic E-state index is -0.276. The van der Waals surface area contributed by atoms with E-state index in [2.05, 4.69) is 5.32 Å². The fraction of sp³-hybridized carbons (Fsp3) is 0.500. The lowest BCUT2D eigenvalue weighted by Gasteiger charge is -2.34. The van der Waals surface area contributed by atoms with Crippen LogP contribution in [0.5, 0.6) is 0 Å². The molecule has 0 radical (unpaired) electrons. The van der Waals surface area contributed by atoms with Gasteiger partial charge in [0, 0.05) is 56.0 Å². The Kier molecular flexibility index (Phi) is 7.29. The van der Waals surface area contributed by atoms with E-state index >= 15 is 0 Å². The van der Waals surface area contributed by atoms with Crippen LogP contribution in [0.4, 0.5) is 0 Å². The van der Waals surface area contributed by atoms with E-state index in [-0.39, 0.29) is 36.6 Å². The second-order valence-electron chi connectivity index (χ2n) is 6.34. The van der Waals surface area contributed by atoms with Crippen LogP contribution in [0.2, 0.25) is 10.0 Å². The van der Waals surface area contributed by atoms with Gasteiger partial charge in [-0.1, -0.05) is 29.3 Å². The first-order chi connectivity index (χ1) is 12.3. The number of carbonyl (C=O) groups excluding carboxylic acids is 3. The highest BCUT2D eigenvalue weighted by molar-refractivity contribution is 6.35. The average molecular weight is 400 g/mol. The van der Waals surface area contributed by atoms with Crippen LogP contribution in [0.3, 0.4) is 0 Å². The van der Waals surface area contributed by atoms with Crippen molar-refractivity contribution in [2.45, 2.75) is 32.7 Å². The molecular weight excluding hydrogens is 377 g/mol. The molecule has 0 unspecified atom stereocenters. The van der Waals surface area contributed by atoms with E-state index in [1.165, 1.54) is 6.92 Å². The van der Waals surface area contributed by atoms with Crippen molar-refractivity contribution < 1.29 is 14.4 Å². The summed E-state index contributed by atoms with van der Waals surface area (Å²) in [6.45, 7) is 5.46. The van der Waals surface area contributed by atoms with Gasteiger partial charge in [0.05, 0.1) is 6.04 Å². The maximum atomic E-state index is 12.2. The van der Waals surface area contributed by atoms with E-state index in [1.807, 2.05) is 6.92 Å². The molecule has 6 nitrogen and oxygen atoms in total. The van der Waals surface area contributed by atoms with E-state index in [9.17, 15) is 14.4 Å². The van der Waals surface area contributed by atoms with Gasteiger partial charge in [0.25, 0.3) is 0 Å². The molecule has 1 aromatic rings. The van der Waals surface area contributed by atoms with Crippen LogP contribution in [0.15, 0.2) is 18.2 Å². The Morgan fingerprint density at radius 1 is 1.08 bits per heavy atom. The molecule has 2 rings (SSSR count). The smallest absolute Gasteiger partial charge is 0.223 e. The Labute approximate surface area is 163 Å². The number of carbonyl (C=O) groups is 3. The molecule has 0 spiro atoms. The molecule has 1 fully saturated rings. The molecule has 0 aliphatic carbocycles. The molecule has 1 aliphatic heterocycles.